The molecule has 5 heteroatoms. The number of nitrogens with one attached hydrogen (secondary N) is 1. The molecular formula is C13H12FNO2S. The van der Waals surface area contributed by atoms with E-state index in [9.17, 15) is 9.18 Å². The number of thiophene rings is 1. The summed E-state index contributed by atoms with van der Waals surface area (Å²) in [6, 6.07) is 8.26. The number of hydrogen-bond donors (Lipinski definition) is 2. The second-order valence-electron chi connectivity index (χ2n) is 3.89. The molecule has 2 rings (SSSR count). The Bertz CT molecular complexity index is 580. The summed E-state index contributed by atoms with van der Waals surface area (Å²) < 4.78 is 13.3. The minimum absolute atomic E-state index is 0.252. The lowest BCUT2D eigenvalue weighted by molar-refractivity contribution is 0.0702. The van der Waals surface area contributed by atoms with Gasteiger partial charge in [-0.25, -0.2) is 9.18 Å². The zero-order valence-electron chi connectivity index (χ0n) is 9.74. The highest BCUT2D eigenvalue weighted by atomic mass is 32.1. The minimum atomic E-state index is -0.923. The molecule has 0 saturated carbocycles. The summed E-state index contributed by atoms with van der Waals surface area (Å²) >= 11 is 1.21. The molecule has 3 nitrogen and oxygen atoms in total. The van der Waals surface area contributed by atoms with Crippen LogP contribution in [0, 0.1) is 12.7 Å². The van der Waals surface area contributed by atoms with Crippen molar-refractivity contribution in [1.29, 1.82) is 0 Å². The van der Waals surface area contributed by atoms with E-state index in [1.807, 2.05) is 0 Å². The first-order chi connectivity index (χ1) is 8.56. The zero-order chi connectivity index (χ0) is 13.1. The van der Waals surface area contributed by atoms with Gasteiger partial charge in [0.1, 0.15) is 10.7 Å². The molecule has 0 fully saturated rings. The van der Waals surface area contributed by atoms with Gasteiger partial charge in [0.15, 0.2) is 0 Å². The monoisotopic (exact) mass is 265 g/mol. The van der Waals surface area contributed by atoms with Crippen molar-refractivity contribution < 1.29 is 14.3 Å². The van der Waals surface area contributed by atoms with Crippen molar-refractivity contribution in [2.45, 2.75) is 13.5 Å². The van der Waals surface area contributed by atoms with Gasteiger partial charge < -0.3 is 10.4 Å². The van der Waals surface area contributed by atoms with Crippen LogP contribution in [0.25, 0.3) is 0 Å². The molecule has 1 heterocycles. The lowest BCUT2D eigenvalue weighted by Gasteiger charge is -2.05. The Balaban J connectivity index is 2.02. The number of aromatic carboxylic acids is 1. The molecule has 1 aromatic heterocycles. The van der Waals surface area contributed by atoms with Gasteiger partial charge in [0, 0.05) is 17.1 Å². The number of aryl methyl sites for hydroxylation is 1. The third-order valence-corrected chi connectivity index (χ3v) is 3.58. The van der Waals surface area contributed by atoms with Crippen LogP contribution in [-0.2, 0) is 6.54 Å². The van der Waals surface area contributed by atoms with E-state index in [4.69, 9.17) is 5.11 Å². The molecular weight excluding hydrogens is 253 g/mol. The fourth-order valence-electron chi connectivity index (χ4n) is 1.48. The van der Waals surface area contributed by atoms with Crippen LogP contribution in [0.2, 0.25) is 0 Å². The standard InChI is InChI=1S/C13H12FNO2S/c1-8-2-3-9(6-11(8)14)15-7-10-4-5-12(18-10)13(16)17/h2-6,15H,7H2,1H3,(H,16,17). The molecule has 0 spiro atoms. The Morgan fingerprint density at radius 1 is 1.39 bits per heavy atom. The van der Waals surface area contributed by atoms with E-state index in [0.29, 0.717) is 22.7 Å². The number of carboxylic acid groups (broad SMARTS) is 1. The smallest absolute Gasteiger partial charge is 0.345 e. The van der Waals surface area contributed by atoms with Crippen molar-refractivity contribution >= 4 is 23.0 Å². The molecule has 2 aromatic rings. The summed E-state index contributed by atoms with van der Waals surface area (Å²) in [4.78, 5) is 11.9. The highest BCUT2D eigenvalue weighted by Crippen LogP contribution is 2.19. The van der Waals surface area contributed by atoms with Gasteiger partial charge in [-0.3, -0.25) is 0 Å². The number of anilines is 1. The first kappa shape index (κ1) is 12.6. The molecule has 18 heavy (non-hydrogen) atoms. The van der Waals surface area contributed by atoms with Gasteiger partial charge in [0.2, 0.25) is 0 Å². The average molecular weight is 265 g/mol. The second kappa shape index (κ2) is 5.18. The van der Waals surface area contributed by atoms with Crippen molar-refractivity contribution in [2.75, 3.05) is 5.32 Å². The van der Waals surface area contributed by atoms with Crippen LogP contribution in [0.5, 0.6) is 0 Å². The summed E-state index contributed by atoms with van der Waals surface area (Å²) in [5, 5.41) is 11.8. The van der Waals surface area contributed by atoms with Crippen LogP contribution in [0.4, 0.5) is 10.1 Å². The van der Waals surface area contributed by atoms with Crippen molar-refractivity contribution in [1.82, 2.24) is 0 Å². The molecule has 94 valence electrons. The Hall–Kier alpha value is -1.88. The number of carboxylic acids is 1. The molecule has 0 atom stereocenters. The van der Waals surface area contributed by atoms with E-state index in [0.717, 1.165) is 4.88 Å². The lowest BCUT2D eigenvalue weighted by atomic mass is 10.2. The van der Waals surface area contributed by atoms with E-state index in [1.54, 1.807) is 31.2 Å². The van der Waals surface area contributed by atoms with Gasteiger partial charge >= 0.3 is 5.97 Å². The zero-order valence-corrected chi connectivity index (χ0v) is 10.6. The molecule has 0 unspecified atom stereocenters. The quantitative estimate of drug-likeness (QED) is 0.889. The average Bonchev–Trinajstić information content (AvgIpc) is 2.79. The van der Waals surface area contributed by atoms with Crippen LogP contribution in [-0.4, -0.2) is 11.1 Å². The fourth-order valence-corrected chi connectivity index (χ4v) is 2.27. The molecule has 1 aromatic carbocycles. The number of hydrogen-bond acceptors (Lipinski definition) is 3. The Morgan fingerprint density at radius 3 is 2.78 bits per heavy atom. The molecule has 2 N–H and O–H groups in total. The van der Waals surface area contributed by atoms with Crippen LogP contribution >= 0.6 is 11.3 Å². The van der Waals surface area contributed by atoms with Crippen molar-refractivity contribution in [3.63, 3.8) is 0 Å². The van der Waals surface area contributed by atoms with Gasteiger partial charge in [-0.15, -0.1) is 11.3 Å². The molecule has 0 aliphatic rings. The SMILES string of the molecule is Cc1ccc(NCc2ccc(C(=O)O)s2)cc1F. The van der Waals surface area contributed by atoms with Crippen molar-refractivity contribution in [3.8, 4) is 0 Å². The number of rotatable bonds is 4. The number of carbonyl (C=O) groups is 1. The van der Waals surface area contributed by atoms with E-state index in [2.05, 4.69) is 5.32 Å². The highest BCUT2D eigenvalue weighted by Gasteiger charge is 2.06. The molecule has 0 bridgehead atoms. The van der Waals surface area contributed by atoms with Gasteiger partial charge in [-0.05, 0) is 36.8 Å². The van der Waals surface area contributed by atoms with Crippen molar-refractivity contribution in [3.05, 3.63) is 51.5 Å². The molecule has 0 aliphatic heterocycles. The Kier molecular flexibility index (Phi) is 3.62. The largest absolute Gasteiger partial charge is 0.477 e. The topological polar surface area (TPSA) is 49.3 Å². The van der Waals surface area contributed by atoms with E-state index in [-0.39, 0.29) is 5.82 Å². The molecule has 0 radical (unpaired) electrons. The second-order valence-corrected chi connectivity index (χ2v) is 5.06. The number of halogens is 1. The summed E-state index contributed by atoms with van der Waals surface area (Å²) in [5.41, 5.74) is 1.29. The third kappa shape index (κ3) is 2.87. The summed E-state index contributed by atoms with van der Waals surface area (Å²) in [6.07, 6.45) is 0. The normalized spacial score (nSPS) is 10.3. The lowest BCUT2D eigenvalue weighted by Crippen LogP contribution is -1.98. The maximum atomic E-state index is 13.3. The number of benzene rings is 1. The molecule has 0 amide bonds. The summed E-state index contributed by atoms with van der Waals surface area (Å²) in [5.74, 6) is -1.18. The van der Waals surface area contributed by atoms with Crippen LogP contribution < -0.4 is 5.32 Å². The Labute approximate surface area is 108 Å². The molecule has 0 saturated heterocycles. The third-order valence-electron chi connectivity index (χ3n) is 2.51. The summed E-state index contributed by atoms with van der Waals surface area (Å²) in [7, 11) is 0. The van der Waals surface area contributed by atoms with Gasteiger partial charge in [-0.2, -0.15) is 0 Å². The predicted octanol–water partition coefficient (Wildman–Crippen LogP) is 3.51. The van der Waals surface area contributed by atoms with Crippen LogP contribution in [0.15, 0.2) is 30.3 Å². The Morgan fingerprint density at radius 2 is 2.17 bits per heavy atom. The van der Waals surface area contributed by atoms with E-state index in [1.165, 1.54) is 17.4 Å². The molecule has 0 aliphatic carbocycles. The van der Waals surface area contributed by atoms with Crippen LogP contribution in [0.3, 0.4) is 0 Å². The van der Waals surface area contributed by atoms with E-state index < -0.39 is 5.97 Å². The summed E-state index contributed by atoms with van der Waals surface area (Å²) in [6.45, 7) is 2.19. The minimum Gasteiger partial charge on any atom is -0.477 e. The maximum Gasteiger partial charge on any atom is 0.345 e. The predicted molar refractivity (Wildman–Crippen MR) is 69.7 cm³/mol. The van der Waals surface area contributed by atoms with Crippen LogP contribution in [0.1, 0.15) is 20.1 Å². The first-order valence-electron chi connectivity index (χ1n) is 5.38. The fraction of sp³-hybridized carbons (Fsp3) is 0.154. The van der Waals surface area contributed by atoms with Crippen molar-refractivity contribution in [2.24, 2.45) is 0 Å². The van der Waals surface area contributed by atoms with E-state index >= 15 is 0 Å². The van der Waals surface area contributed by atoms with Gasteiger partial charge in [-0.1, -0.05) is 6.07 Å². The van der Waals surface area contributed by atoms with Gasteiger partial charge in [0.05, 0.1) is 0 Å². The van der Waals surface area contributed by atoms with Gasteiger partial charge in [0.25, 0.3) is 0 Å². The first-order valence-corrected chi connectivity index (χ1v) is 6.20. The maximum absolute atomic E-state index is 13.3. The highest BCUT2D eigenvalue weighted by molar-refractivity contribution is 7.13.